The number of nitrogens with one attached hydrogen (secondary N) is 2. The van der Waals surface area contributed by atoms with Gasteiger partial charge in [0.05, 0.1) is 5.56 Å². The highest BCUT2D eigenvalue weighted by molar-refractivity contribution is 5.97. The quantitative estimate of drug-likeness (QED) is 0.732. The van der Waals surface area contributed by atoms with Gasteiger partial charge in [0.1, 0.15) is 6.04 Å². The second kappa shape index (κ2) is 9.96. The van der Waals surface area contributed by atoms with Crippen LogP contribution >= 0.6 is 0 Å². The topological polar surface area (TPSA) is 61.4 Å². The van der Waals surface area contributed by atoms with Crippen molar-refractivity contribution in [1.29, 1.82) is 0 Å². The van der Waals surface area contributed by atoms with Crippen LogP contribution in [0.2, 0.25) is 0 Å². The number of alkyl halides is 3. The molecule has 1 fully saturated rings. The van der Waals surface area contributed by atoms with Gasteiger partial charge in [0.2, 0.25) is 5.91 Å². The molecule has 1 aliphatic rings. The summed E-state index contributed by atoms with van der Waals surface area (Å²) >= 11 is 0. The molecule has 1 aliphatic heterocycles. The van der Waals surface area contributed by atoms with Crippen LogP contribution in [0.5, 0.6) is 0 Å². The van der Waals surface area contributed by atoms with Gasteiger partial charge in [0.25, 0.3) is 5.91 Å². The molecule has 166 valence electrons. The zero-order valence-corrected chi connectivity index (χ0v) is 17.3. The lowest BCUT2D eigenvalue weighted by atomic mass is 10.0. The first-order valence-electron chi connectivity index (χ1n) is 10.3. The van der Waals surface area contributed by atoms with E-state index in [0.717, 1.165) is 6.07 Å². The van der Waals surface area contributed by atoms with Crippen molar-refractivity contribution in [3.63, 3.8) is 0 Å². The van der Waals surface area contributed by atoms with Crippen LogP contribution in [0.4, 0.5) is 13.2 Å². The van der Waals surface area contributed by atoms with E-state index in [4.69, 9.17) is 0 Å². The fourth-order valence-corrected chi connectivity index (χ4v) is 3.60. The van der Waals surface area contributed by atoms with Crippen LogP contribution in [0.3, 0.4) is 0 Å². The van der Waals surface area contributed by atoms with Crippen molar-refractivity contribution in [2.45, 2.75) is 44.6 Å². The molecule has 2 N–H and O–H groups in total. The average Bonchev–Trinajstić information content (AvgIpc) is 2.75. The molecule has 2 amide bonds. The van der Waals surface area contributed by atoms with Crippen molar-refractivity contribution in [2.75, 3.05) is 13.1 Å². The molecule has 1 saturated heterocycles. The summed E-state index contributed by atoms with van der Waals surface area (Å²) < 4.78 is 38.6. The van der Waals surface area contributed by atoms with Crippen LogP contribution in [-0.2, 0) is 17.5 Å². The number of likely N-dealkylation sites (tertiary alicyclic amines) is 1. The lowest BCUT2D eigenvalue weighted by molar-refractivity contribution is -0.137. The second-order valence-corrected chi connectivity index (χ2v) is 7.82. The number of nitrogens with zero attached hydrogens (tertiary/aromatic N) is 1. The average molecular weight is 433 g/mol. The van der Waals surface area contributed by atoms with Crippen LogP contribution in [0.1, 0.15) is 41.3 Å². The normalized spacial score (nSPS) is 16.5. The van der Waals surface area contributed by atoms with Crippen LogP contribution < -0.4 is 10.6 Å². The summed E-state index contributed by atoms with van der Waals surface area (Å²) in [5.41, 5.74) is 0.471. The number of amides is 2. The standard InChI is InChI=1S/C23H26F3N3O2/c1-16(27-22(31)18-7-3-2-4-8-18)21(30)28-20-10-12-29(13-11-20)15-17-6-5-9-19(14-17)23(24,25)26/h2-9,14,16,20H,10-13,15H2,1H3,(H,27,31)(H,28,30). The molecule has 31 heavy (non-hydrogen) atoms. The SMILES string of the molecule is CC(NC(=O)c1ccccc1)C(=O)NC1CCN(Cc2cccc(C(F)(F)F)c2)CC1. The summed E-state index contributed by atoms with van der Waals surface area (Å²) in [5, 5.41) is 5.65. The number of rotatable bonds is 6. The van der Waals surface area contributed by atoms with Crippen LogP contribution in [0.15, 0.2) is 54.6 Å². The van der Waals surface area contributed by atoms with Crippen molar-refractivity contribution < 1.29 is 22.8 Å². The van der Waals surface area contributed by atoms with Gasteiger partial charge in [-0.15, -0.1) is 0 Å². The molecular weight excluding hydrogens is 407 g/mol. The number of hydrogen-bond acceptors (Lipinski definition) is 3. The number of carbonyl (C=O) groups excluding carboxylic acids is 2. The first-order valence-corrected chi connectivity index (χ1v) is 10.3. The van der Waals surface area contributed by atoms with E-state index in [1.54, 1.807) is 37.3 Å². The van der Waals surface area contributed by atoms with Gasteiger partial charge < -0.3 is 10.6 Å². The lowest BCUT2D eigenvalue weighted by Gasteiger charge is -2.33. The Bertz CT molecular complexity index is 894. The van der Waals surface area contributed by atoms with Crippen LogP contribution in [0.25, 0.3) is 0 Å². The van der Waals surface area contributed by atoms with Crippen LogP contribution in [-0.4, -0.2) is 41.9 Å². The first-order chi connectivity index (χ1) is 14.7. The zero-order valence-electron chi connectivity index (χ0n) is 17.3. The molecule has 0 aliphatic carbocycles. The molecule has 8 heteroatoms. The minimum Gasteiger partial charge on any atom is -0.351 e. The molecule has 0 aromatic heterocycles. The molecule has 2 aromatic rings. The molecule has 2 aromatic carbocycles. The predicted molar refractivity (Wildman–Crippen MR) is 111 cm³/mol. The highest BCUT2D eigenvalue weighted by Crippen LogP contribution is 2.30. The monoisotopic (exact) mass is 433 g/mol. The summed E-state index contributed by atoms with van der Waals surface area (Å²) in [5.74, 6) is -0.556. The minimum atomic E-state index is -4.35. The maximum absolute atomic E-state index is 12.9. The number of piperidine rings is 1. The molecular formula is C23H26F3N3O2. The first kappa shape index (κ1) is 22.8. The Kier molecular flexibility index (Phi) is 7.33. The van der Waals surface area contributed by atoms with Crippen molar-refractivity contribution >= 4 is 11.8 Å². The van der Waals surface area contributed by atoms with E-state index >= 15 is 0 Å². The fraction of sp³-hybridized carbons (Fsp3) is 0.391. The minimum absolute atomic E-state index is 0.0265. The Morgan fingerprint density at radius 2 is 1.74 bits per heavy atom. The largest absolute Gasteiger partial charge is 0.416 e. The molecule has 5 nitrogen and oxygen atoms in total. The van der Waals surface area contributed by atoms with Gasteiger partial charge in [0, 0.05) is 31.2 Å². The number of hydrogen-bond donors (Lipinski definition) is 2. The van der Waals surface area contributed by atoms with Gasteiger partial charge in [-0.2, -0.15) is 13.2 Å². The highest BCUT2D eigenvalue weighted by atomic mass is 19.4. The van der Waals surface area contributed by atoms with Crippen molar-refractivity contribution in [3.05, 3.63) is 71.3 Å². The summed E-state index contributed by atoms with van der Waals surface area (Å²) in [7, 11) is 0. The van der Waals surface area contributed by atoms with Crippen molar-refractivity contribution in [1.82, 2.24) is 15.5 Å². The Labute approximate surface area is 179 Å². The van der Waals surface area contributed by atoms with Gasteiger partial charge in [-0.25, -0.2) is 0 Å². The predicted octanol–water partition coefficient (Wildman–Crippen LogP) is 3.60. The molecule has 3 rings (SSSR count). The third-order valence-electron chi connectivity index (χ3n) is 5.37. The van der Waals surface area contributed by atoms with E-state index < -0.39 is 17.8 Å². The number of benzene rings is 2. The maximum atomic E-state index is 12.9. The molecule has 1 atom stereocenters. The number of halogens is 3. The summed E-state index contributed by atoms with van der Waals surface area (Å²) in [4.78, 5) is 26.7. The maximum Gasteiger partial charge on any atom is 0.416 e. The molecule has 1 unspecified atom stereocenters. The Morgan fingerprint density at radius 3 is 2.39 bits per heavy atom. The van der Waals surface area contributed by atoms with Gasteiger partial charge in [-0.1, -0.05) is 36.4 Å². The van der Waals surface area contributed by atoms with Gasteiger partial charge in [-0.05, 0) is 43.5 Å². The van der Waals surface area contributed by atoms with E-state index in [2.05, 4.69) is 15.5 Å². The van der Waals surface area contributed by atoms with E-state index in [9.17, 15) is 22.8 Å². The van der Waals surface area contributed by atoms with Gasteiger partial charge >= 0.3 is 6.18 Å². The summed E-state index contributed by atoms with van der Waals surface area (Å²) in [6.07, 6.45) is -2.95. The molecule has 0 saturated carbocycles. The molecule has 0 bridgehead atoms. The third kappa shape index (κ3) is 6.55. The summed E-state index contributed by atoms with van der Waals surface area (Å²) in [6.45, 7) is 3.42. The van der Waals surface area contributed by atoms with E-state index in [1.807, 2.05) is 6.07 Å². The Hall–Kier alpha value is -2.87. The molecule has 0 radical (unpaired) electrons. The van der Waals surface area contributed by atoms with Gasteiger partial charge in [-0.3, -0.25) is 14.5 Å². The van der Waals surface area contributed by atoms with Gasteiger partial charge in [0.15, 0.2) is 0 Å². The van der Waals surface area contributed by atoms with E-state index in [0.29, 0.717) is 43.6 Å². The van der Waals surface area contributed by atoms with Crippen molar-refractivity contribution in [2.24, 2.45) is 0 Å². The Morgan fingerprint density at radius 1 is 1.06 bits per heavy atom. The fourth-order valence-electron chi connectivity index (χ4n) is 3.60. The lowest BCUT2D eigenvalue weighted by Crippen LogP contribution is -2.51. The third-order valence-corrected chi connectivity index (χ3v) is 5.37. The number of carbonyl (C=O) groups is 2. The molecule has 0 spiro atoms. The Balaban J connectivity index is 1.44. The van der Waals surface area contributed by atoms with Crippen LogP contribution in [0, 0.1) is 0 Å². The van der Waals surface area contributed by atoms with E-state index in [1.165, 1.54) is 12.1 Å². The smallest absolute Gasteiger partial charge is 0.351 e. The molecule has 1 heterocycles. The highest BCUT2D eigenvalue weighted by Gasteiger charge is 2.30. The second-order valence-electron chi connectivity index (χ2n) is 7.82. The summed E-state index contributed by atoms with van der Waals surface area (Å²) in [6, 6.07) is 13.4. The van der Waals surface area contributed by atoms with E-state index in [-0.39, 0.29) is 17.9 Å². The van der Waals surface area contributed by atoms with Crippen molar-refractivity contribution in [3.8, 4) is 0 Å². The zero-order chi connectivity index (χ0) is 22.4.